The van der Waals surface area contributed by atoms with E-state index in [-0.39, 0.29) is 15.4 Å². The van der Waals surface area contributed by atoms with Gasteiger partial charge >= 0.3 is 0 Å². The van der Waals surface area contributed by atoms with Gasteiger partial charge < -0.3 is 0 Å². The van der Waals surface area contributed by atoms with Crippen molar-refractivity contribution in [3.63, 3.8) is 0 Å². The third-order valence-corrected chi connectivity index (χ3v) is 7.16. The maximum absolute atomic E-state index is 12.4. The molecule has 1 heterocycles. The van der Waals surface area contributed by atoms with E-state index in [9.17, 15) is 13.2 Å². The number of anilines is 1. The average molecular weight is 395 g/mol. The smallest absolute Gasteiger partial charge is 0.269 e. The van der Waals surface area contributed by atoms with Crippen molar-refractivity contribution in [3.05, 3.63) is 35.4 Å². The number of carbonyl (C=O) groups is 1. The highest BCUT2D eigenvalue weighted by atomic mass is 32.2. The summed E-state index contributed by atoms with van der Waals surface area (Å²) in [5.41, 5.74) is 1.35. The predicted molar refractivity (Wildman–Crippen MR) is 101 cm³/mol. The van der Waals surface area contributed by atoms with E-state index in [4.69, 9.17) is 0 Å². The van der Waals surface area contributed by atoms with Crippen molar-refractivity contribution in [3.8, 4) is 0 Å². The number of nitrogens with zero attached hydrogens (tertiary/aromatic N) is 2. The lowest BCUT2D eigenvalue weighted by molar-refractivity contribution is 0.102. The molecule has 0 spiro atoms. The quantitative estimate of drug-likeness (QED) is 0.734. The van der Waals surface area contributed by atoms with E-state index in [1.165, 1.54) is 6.42 Å². The first-order chi connectivity index (χ1) is 12.5. The molecule has 0 aliphatic heterocycles. The zero-order valence-electron chi connectivity index (χ0n) is 14.6. The van der Waals surface area contributed by atoms with Crippen molar-refractivity contribution in [2.45, 2.75) is 43.4 Å². The van der Waals surface area contributed by atoms with E-state index >= 15 is 0 Å². The molecule has 0 bridgehead atoms. The minimum absolute atomic E-state index is 0.131. The van der Waals surface area contributed by atoms with Gasteiger partial charge in [-0.2, -0.15) is 0 Å². The van der Waals surface area contributed by atoms with Crippen molar-refractivity contribution < 1.29 is 13.2 Å². The van der Waals surface area contributed by atoms with E-state index < -0.39 is 10.0 Å². The Morgan fingerprint density at radius 3 is 2.65 bits per heavy atom. The third kappa shape index (κ3) is 4.66. The predicted octanol–water partition coefficient (Wildman–Crippen LogP) is 2.96. The number of sulfonamides is 1. The van der Waals surface area contributed by atoms with Crippen LogP contribution in [0, 0.1) is 12.8 Å². The molecule has 1 aliphatic carbocycles. The Kier molecular flexibility index (Phi) is 6.00. The van der Waals surface area contributed by atoms with Crippen molar-refractivity contribution in [1.29, 1.82) is 0 Å². The van der Waals surface area contributed by atoms with Crippen LogP contribution in [0.15, 0.2) is 28.6 Å². The molecule has 1 aliphatic rings. The van der Waals surface area contributed by atoms with E-state index in [1.807, 2.05) is 19.1 Å². The topological polar surface area (TPSA) is 101 Å². The summed E-state index contributed by atoms with van der Waals surface area (Å²) >= 11 is 0.851. The van der Waals surface area contributed by atoms with Crippen LogP contribution in [0.2, 0.25) is 0 Å². The molecule has 0 saturated heterocycles. The zero-order valence-corrected chi connectivity index (χ0v) is 16.2. The van der Waals surface area contributed by atoms with Crippen molar-refractivity contribution in [2.75, 3.05) is 11.9 Å². The second-order valence-electron chi connectivity index (χ2n) is 6.50. The lowest BCUT2D eigenvalue weighted by atomic mass is 9.90. The largest absolute Gasteiger partial charge is 0.296 e. The van der Waals surface area contributed by atoms with Gasteiger partial charge in [0.05, 0.1) is 0 Å². The molecule has 1 aromatic heterocycles. The first kappa shape index (κ1) is 18.9. The van der Waals surface area contributed by atoms with Gasteiger partial charge in [-0.15, -0.1) is 10.2 Å². The molecule has 1 fully saturated rings. The van der Waals surface area contributed by atoms with Gasteiger partial charge in [0.15, 0.2) is 0 Å². The molecule has 1 saturated carbocycles. The van der Waals surface area contributed by atoms with Crippen LogP contribution in [0.4, 0.5) is 5.13 Å². The second kappa shape index (κ2) is 8.24. The summed E-state index contributed by atoms with van der Waals surface area (Å²) < 4.78 is 27.3. The summed E-state index contributed by atoms with van der Waals surface area (Å²) in [6.45, 7) is 2.26. The van der Waals surface area contributed by atoms with Gasteiger partial charge in [-0.25, -0.2) is 13.1 Å². The summed E-state index contributed by atoms with van der Waals surface area (Å²) in [5, 5.41) is 10.3. The lowest BCUT2D eigenvalue weighted by Crippen LogP contribution is -2.30. The fraction of sp³-hybridized carbons (Fsp3) is 0.471. The highest BCUT2D eigenvalue weighted by Gasteiger charge is 2.23. The SMILES string of the molecule is Cc1ccccc1C(=O)Nc1nnc(S(=O)(=O)NCC2CCCCC2)s1. The van der Waals surface area contributed by atoms with Crippen LogP contribution in [-0.2, 0) is 10.0 Å². The molecule has 3 rings (SSSR count). The highest BCUT2D eigenvalue weighted by Crippen LogP contribution is 2.24. The molecule has 0 radical (unpaired) electrons. The summed E-state index contributed by atoms with van der Waals surface area (Å²) in [6, 6.07) is 7.15. The fourth-order valence-corrected chi connectivity index (χ4v) is 5.09. The van der Waals surface area contributed by atoms with Crippen LogP contribution < -0.4 is 10.0 Å². The Hall–Kier alpha value is -1.84. The summed E-state index contributed by atoms with van der Waals surface area (Å²) in [6.07, 6.45) is 5.64. The van der Waals surface area contributed by atoms with Gasteiger partial charge in [-0.1, -0.05) is 48.8 Å². The van der Waals surface area contributed by atoms with Crippen LogP contribution in [0.1, 0.15) is 48.0 Å². The number of carbonyl (C=O) groups excluding carboxylic acids is 1. The van der Waals surface area contributed by atoms with E-state index in [2.05, 4.69) is 20.2 Å². The Morgan fingerprint density at radius 2 is 1.92 bits per heavy atom. The van der Waals surface area contributed by atoms with Gasteiger partial charge in [0.2, 0.25) is 9.47 Å². The first-order valence-electron chi connectivity index (χ1n) is 8.66. The van der Waals surface area contributed by atoms with E-state index in [0.29, 0.717) is 18.0 Å². The maximum Gasteiger partial charge on any atom is 0.269 e. The molecular weight excluding hydrogens is 372 g/mol. The van der Waals surface area contributed by atoms with Gasteiger partial charge in [0, 0.05) is 12.1 Å². The number of benzene rings is 1. The number of hydrogen-bond donors (Lipinski definition) is 2. The van der Waals surface area contributed by atoms with Crippen LogP contribution in [-0.4, -0.2) is 31.1 Å². The van der Waals surface area contributed by atoms with Crippen LogP contribution in [0.3, 0.4) is 0 Å². The Balaban J connectivity index is 1.63. The molecule has 0 unspecified atom stereocenters. The number of rotatable bonds is 6. The molecule has 7 nitrogen and oxygen atoms in total. The Morgan fingerprint density at radius 1 is 1.19 bits per heavy atom. The summed E-state index contributed by atoms with van der Waals surface area (Å²) in [7, 11) is -3.70. The van der Waals surface area contributed by atoms with E-state index in [1.54, 1.807) is 12.1 Å². The first-order valence-corrected chi connectivity index (χ1v) is 11.0. The third-order valence-electron chi connectivity index (χ3n) is 4.53. The monoisotopic (exact) mass is 394 g/mol. The zero-order chi connectivity index (χ0) is 18.6. The maximum atomic E-state index is 12.4. The van der Waals surface area contributed by atoms with Gasteiger partial charge in [0.25, 0.3) is 15.9 Å². The van der Waals surface area contributed by atoms with Crippen LogP contribution in [0.5, 0.6) is 0 Å². The second-order valence-corrected chi connectivity index (χ2v) is 9.42. The Labute approximate surface area is 157 Å². The molecule has 1 amide bonds. The van der Waals surface area contributed by atoms with E-state index in [0.717, 1.165) is 42.6 Å². The number of amides is 1. The van der Waals surface area contributed by atoms with Gasteiger partial charge in [0.1, 0.15) is 0 Å². The van der Waals surface area contributed by atoms with Crippen LogP contribution in [0.25, 0.3) is 0 Å². The molecule has 26 heavy (non-hydrogen) atoms. The number of aromatic nitrogens is 2. The molecule has 0 atom stereocenters. The lowest BCUT2D eigenvalue weighted by Gasteiger charge is -2.21. The Bertz CT molecular complexity index is 874. The number of hydrogen-bond acceptors (Lipinski definition) is 6. The highest BCUT2D eigenvalue weighted by molar-refractivity contribution is 7.91. The summed E-state index contributed by atoms with van der Waals surface area (Å²) in [5.74, 6) is 0.0463. The van der Waals surface area contributed by atoms with Crippen molar-refractivity contribution >= 4 is 32.4 Å². The van der Waals surface area contributed by atoms with Crippen molar-refractivity contribution in [2.24, 2.45) is 5.92 Å². The molecule has 140 valence electrons. The minimum Gasteiger partial charge on any atom is -0.296 e. The van der Waals surface area contributed by atoms with Crippen molar-refractivity contribution in [1.82, 2.24) is 14.9 Å². The molecular formula is C17H22N4O3S2. The van der Waals surface area contributed by atoms with Crippen LogP contribution >= 0.6 is 11.3 Å². The number of aryl methyl sites for hydroxylation is 1. The fourth-order valence-electron chi connectivity index (χ4n) is 3.04. The average Bonchev–Trinajstić information content (AvgIpc) is 3.11. The standard InChI is InChI=1S/C17H22N4O3S2/c1-12-7-5-6-10-14(12)15(22)19-16-20-21-17(25-16)26(23,24)18-11-13-8-3-2-4-9-13/h5-7,10,13,18H,2-4,8-9,11H2,1H3,(H,19,20,22). The van der Waals surface area contributed by atoms with Gasteiger partial charge in [-0.3, -0.25) is 10.1 Å². The summed E-state index contributed by atoms with van der Waals surface area (Å²) in [4.78, 5) is 12.3. The molecule has 9 heteroatoms. The molecule has 2 aromatic rings. The molecule has 1 aromatic carbocycles. The molecule has 2 N–H and O–H groups in total. The van der Waals surface area contributed by atoms with Gasteiger partial charge in [-0.05, 0) is 37.3 Å². The normalized spacial score (nSPS) is 15.7. The minimum atomic E-state index is -3.70. The number of nitrogens with one attached hydrogen (secondary N) is 2.